The molecule has 1 atom stereocenters. The molecule has 0 radical (unpaired) electrons. The molecule has 0 N–H and O–H groups in total. The average molecular weight is 452 g/mol. The first-order chi connectivity index (χ1) is 14.2. The third-order valence-corrected chi connectivity index (χ3v) is 7.22. The predicted molar refractivity (Wildman–Crippen MR) is 116 cm³/mol. The van der Waals surface area contributed by atoms with Crippen molar-refractivity contribution < 1.29 is 22.7 Å². The quantitative estimate of drug-likeness (QED) is 0.495. The number of hydrogen-bond acceptors (Lipinski definition) is 6. The third kappa shape index (κ3) is 4.88. The van der Waals surface area contributed by atoms with Crippen molar-refractivity contribution in [3.8, 4) is 0 Å². The van der Waals surface area contributed by atoms with Gasteiger partial charge in [-0.3, -0.25) is 4.79 Å². The Hall–Kier alpha value is -2.30. The van der Waals surface area contributed by atoms with E-state index in [1.807, 2.05) is 4.57 Å². The Bertz CT molecular complexity index is 1150. The first-order valence-electron chi connectivity index (χ1n) is 9.69. The summed E-state index contributed by atoms with van der Waals surface area (Å²) in [6.45, 7) is 6.84. The van der Waals surface area contributed by atoms with Gasteiger partial charge >= 0.3 is 5.97 Å². The van der Waals surface area contributed by atoms with Crippen molar-refractivity contribution in [2.24, 2.45) is 10.9 Å². The minimum atomic E-state index is -3.34. The zero-order chi connectivity index (χ0) is 21.9. The van der Waals surface area contributed by atoms with Gasteiger partial charge in [0.2, 0.25) is 10.0 Å². The first kappa shape index (κ1) is 22.4. The van der Waals surface area contributed by atoms with Crippen LogP contribution in [0.2, 0.25) is 0 Å². The summed E-state index contributed by atoms with van der Waals surface area (Å²) in [6.07, 6.45) is 4.10. The number of ether oxygens (including phenoxy) is 1. The highest BCUT2D eigenvalue weighted by molar-refractivity contribution is 7.88. The first-order valence-corrected chi connectivity index (χ1v) is 12.4. The number of hydrogen-bond donors (Lipinski definition) is 0. The van der Waals surface area contributed by atoms with Gasteiger partial charge < -0.3 is 9.30 Å². The summed E-state index contributed by atoms with van der Waals surface area (Å²) in [5.41, 5.74) is 1.27. The maximum atomic E-state index is 12.8. The molecule has 1 aliphatic rings. The van der Waals surface area contributed by atoms with Crippen LogP contribution in [0.25, 0.3) is 10.2 Å². The maximum absolute atomic E-state index is 12.8. The number of carbonyl (C=O) groups excluding carboxylic acids is 2. The standard InChI is InChI=1S/C20H25N3O5S2/c1-4-10-23-16-9-8-14(19(25)28-5-2)12-17(16)29-20(23)21-18(24)15-7-6-11-22(13-15)30(3,26)27/h4,8-9,12,15H,1,5-7,10-11,13H2,2-3H3. The molecule has 1 unspecified atom stereocenters. The number of fused-ring (bicyclic) bond motifs is 1. The van der Waals surface area contributed by atoms with Crippen LogP contribution < -0.4 is 4.80 Å². The topological polar surface area (TPSA) is 98.0 Å². The van der Waals surface area contributed by atoms with Gasteiger partial charge in [-0.2, -0.15) is 4.99 Å². The van der Waals surface area contributed by atoms with Gasteiger partial charge in [-0.1, -0.05) is 17.4 Å². The summed E-state index contributed by atoms with van der Waals surface area (Å²) in [5, 5.41) is 0. The highest BCUT2D eigenvalue weighted by atomic mass is 32.2. The Morgan fingerprint density at radius 1 is 1.40 bits per heavy atom. The molecule has 1 aromatic carbocycles. The Morgan fingerprint density at radius 3 is 2.83 bits per heavy atom. The summed E-state index contributed by atoms with van der Waals surface area (Å²) >= 11 is 1.30. The smallest absolute Gasteiger partial charge is 0.338 e. The predicted octanol–water partition coefficient (Wildman–Crippen LogP) is 2.16. The third-order valence-electron chi connectivity index (χ3n) is 4.91. The molecule has 3 rings (SSSR count). The summed E-state index contributed by atoms with van der Waals surface area (Å²) < 4.78 is 32.7. The van der Waals surface area contributed by atoms with Crippen molar-refractivity contribution in [3.05, 3.63) is 41.2 Å². The van der Waals surface area contributed by atoms with E-state index in [1.165, 1.54) is 15.6 Å². The molecule has 1 saturated heterocycles. The Morgan fingerprint density at radius 2 is 2.17 bits per heavy atom. The zero-order valence-corrected chi connectivity index (χ0v) is 18.7. The number of allylic oxidation sites excluding steroid dienone is 1. The van der Waals surface area contributed by atoms with Gasteiger partial charge in [-0.15, -0.1) is 6.58 Å². The van der Waals surface area contributed by atoms with Crippen molar-refractivity contribution in [2.75, 3.05) is 26.0 Å². The highest BCUT2D eigenvalue weighted by Gasteiger charge is 2.30. The lowest BCUT2D eigenvalue weighted by Gasteiger charge is -2.28. The molecular formula is C20H25N3O5S2. The fourth-order valence-electron chi connectivity index (χ4n) is 3.44. The lowest BCUT2D eigenvalue weighted by molar-refractivity contribution is -0.122. The van der Waals surface area contributed by atoms with Crippen molar-refractivity contribution in [3.63, 3.8) is 0 Å². The van der Waals surface area contributed by atoms with Gasteiger partial charge in [0, 0.05) is 19.6 Å². The number of esters is 1. The molecular weight excluding hydrogens is 426 g/mol. The van der Waals surface area contributed by atoms with E-state index >= 15 is 0 Å². The molecule has 1 amide bonds. The number of rotatable bonds is 6. The Labute approximate surface area is 179 Å². The largest absolute Gasteiger partial charge is 0.462 e. The van der Waals surface area contributed by atoms with Gasteiger partial charge in [0.15, 0.2) is 4.80 Å². The summed E-state index contributed by atoms with van der Waals surface area (Å²) in [6, 6.07) is 5.22. The number of amides is 1. The number of nitrogens with zero attached hydrogens (tertiary/aromatic N) is 3. The van der Waals surface area contributed by atoms with Crippen LogP contribution in [0.4, 0.5) is 0 Å². The second kappa shape index (κ2) is 9.23. The second-order valence-electron chi connectivity index (χ2n) is 7.10. The van der Waals surface area contributed by atoms with Crippen molar-refractivity contribution in [1.29, 1.82) is 0 Å². The monoisotopic (exact) mass is 451 g/mol. The fraction of sp³-hybridized carbons (Fsp3) is 0.450. The second-order valence-corrected chi connectivity index (χ2v) is 10.1. The van der Waals surface area contributed by atoms with E-state index in [0.717, 1.165) is 16.5 Å². The van der Waals surface area contributed by atoms with Crippen LogP contribution in [0.1, 0.15) is 30.1 Å². The lowest BCUT2D eigenvalue weighted by Crippen LogP contribution is -2.41. The van der Waals surface area contributed by atoms with Crippen LogP contribution >= 0.6 is 11.3 Å². The van der Waals surface area contributed by atoms with Gasteiger partial charge in [0.25, 0.3) is 5.91 Å². The number of thiazole rings is 1. The molecule has 162 valence electrons. The number of aromatic nitrogens is 1. The van der Waals surface area contributed by atoms with Crippen molar-refractivity contribution in [1.82, 2.24) is 8.87 Å². The number of benzene rings is 1. The number of sulfonamides is 1. The van der Waals surface area contributed by atoms with E-state index in [4.69, 9.17) is 4.74 Å². The van der Waals surface area contributed by atoms with E-state index in [2.05, 4.69) is 11.6 Å². The summed E-state index contributed by atoms with van der Waals surface area (Å²) in [7, 11) is -3.34. The molecule has 1 aliphatic heterocycles. The molecule has 2 aromatic rings. The maximum Gasteiger partial charge on any atom is 0.338 e. The van der Waals surface area contributed by atoms with E-state index in [9.17, 15) is 18.0 Å². The molecule has 0 spiro atoms. The molecule has 0 aliphatic carbocycles. The molecule has 30 heavy (non-hydrogen) atoms. The van der Waals surface area contributed by atoms with Crippen LogP contribution in [0.15, 0.2) is 35.8 Å². The molecule has 10 heteroatoms. The van der Waals surface area contributed by atoms with Gasteiger partial charge in [0.05, 0.1) is 34.6 Å². The summed E-state index contributed by atoms with van der Waals surface area (Å²) in [4.78, 5) is 29.7. The molecule has 1 fully saturated rings. The van der Waals surface area contributed by atoms with E-state index in [0.29, 0.717) is 42.9 Å². The van der Waals surface area contributed by atoms with Crippen LogP contribution in [-0.2, 0) is 26.1 Å². The normalized spacial score (nSPS) is 18.5. The molecule has 1 aromatic heterocycles. The van der Waals surface area contributed by atoms with Crippen LogP contribution in [0, 0.1) is 5.92 Å². The van der Waals surface area contributed by atoms with Crippen molar-refractivity contribution >= 4 is 43.5 Å². The van der Waals surface area contributed by atoms with Crippen LogP contribution in [-0.4, -0.2) is 55.1 Å². The fourth-order valence-corrected chi connectivity index (χ4v) is 5.43. The van der Waals surface area contributed by atoms with Crippen LogP contribution in [0.5, 0.6) is 0 Å². The van der Waals surface area contributed by atoms with E-state index in [-0.39, 0.29) is 12.5 Å². The van der Waals surface area contributed by atoms with E-state index in [1.54, 1.807) is 31.2 Å². The molecule has 2 heterocycles. The number of piperidine rings is 1. The Balaban J connectivity index is 1.97. The van der Waals surface area contributed by atoms with Crippen molar-refractivity contribution in [2.45, 2.75) is 26.3 Å². The minimum Gasteiger partial charge on any atom is -0.462 e. The minimum absolute atomic E-state index is 0.153. The molecule has 0 bridgehead atoms. The van der Waals surface area contributed by atoms with E-state index < -0.39 is 21.9 Å². The number of carbonyl (C=O) groups is 2. The van der Waals surface area contributed by atoms with Gasteiger partial charge in [-0.25, -0.2) is 17.5 Å². The van der Waals surface area contributed by atoms with Gasteiger partial charge in [0.1, 0.15) is 0 Å². The lowest BCUT2D eigenvalue weighted by atomic mass is 9.99. The van der Waals surface area contributed by atoms with Crippen LogP contribution in [0.3, 0.4) is 0 Å². The van der Waals surface area contributed by atoms with Gasteiger partial charge in [-0.05, 0) is 38.0 Å². The highest BCUT2D eigenvalue weighted by Crippen LogP contribution is 2.22. The molecule has 0 saturated carbocycles. The average Bonchev–Trinajstić information content (AvgIpc) is 3.04. The summed E-state index contributed by atoms with van der Waals surface area (Å²) in [5.74, 6) is -1.20. The molecule has 8 nitrogen and oxygen atoms in total. The Kier molecular flexibility index (Phi) is 6.89. The zero-order valence-electron chi connectivity index (χ0n) is 17.0. The SMILES string of the molecule is C=CCn1c(=NC(=O)C2CCCN(S(C)(=O)=O)C2)sc2cc(C(=O)OCC)ccc21.